The van der Waals surface area contributed by atoms with Crippen LogP contribution in [0.1, 0.15) is 20.8 Å². The Kier molecular flexibility index (Phi) is 4.48. The number of hydrogen-bond acceptors (Lipinski definition) is 7. The number of ether oxygens (including phenoxy) is 1. The average molecular weight is 380 g/mol. The van der Waals surface area contributed by atoms with Gasteiger partial charge in [0.2, 0.25) is 0 Å². The number of carbonyl (C=O) groups is 1. The zero-order chi connectivity index (χ0) is 19.0. The van der Waals surface area contributed by atoms with Gasteiger partial charge in [0.05, 0.1) is 24.2 Å². The number of fused-ring (bicyclic) bond motifs is 1. The fourth-order valence-corrected chi connectivity index (χ4v) is 4.09. The van der Waals surface area contributed by atoms with Gasteiger partial charge in [-0.3, -0.25) is 0 Å². The number of carboxylic acids is 1. The van der Waals surface area contributed by atoms with Gasteiger partial charge in [0.1, 0.15) is 21.6 Å². The van der Waals surface area contributed by atoms with Crippen LogP contribution in [0.4, 0.5) is 5.82 Å². The lowest BCUT2D eigenvalue weighted by atomic mass is 10.1. The summed E-state index contributed by atoms with van der Waals surface area (Å²) in [5, 5.41) is 19.4. The predicted molar refractivity (Wildman–Crippen MR) is 102 cm³/mol. The number of anilines is 1. The van der Waals surface area contributed by atoms with Crippen molar-refractivity contribution >= 4 is 33.3 Å². The molecule has 1 aliphatic rings. The predicted octanol–water partition coefficient (Wildman–Crippen LogP) is 3.07. The number of rotatable bonds is 3. The lowest BCUT2D eigenvalue weighted by Crippen LogP contribution is -2.37. The van der Waals surface area contributed by atoms with Crippen LogP contribution in [0.5, 0.6) is 0 Å². The van der Waals surface area contributed by atoms with Crippen LogP contribution >= 0.6 is 11.3 Å². The Morgan fingerprint density at radius 1 is 1.26 bits per heavy atom. The molecule has 1 aromatic carbocycles. The summed E-state index contributed by atoms with van der Waals surface area (Å²) in [7, 11) is 0. The highest BCUT2D eigenvalue weighted by molar-refractivity contribution is 7.19. The number of nitrogens with zero attached hydrogens (tertiary/aromatic N) is 4. The fraction of sp³-hybridized carbons (Fsp3) is 0.263. The van der Waals surface area contributed by atoms with Crippen molar-refractivity contribution in [2.45, 2.75) is 6.92 Å². The highest BCUT2D eigenvalue weighted by Crippen LogP contribution is 2.37. The maximum Gasteiger partial charge on any atom is 0.335 e. The van der Waals surface area contributed by atoms with E-state index >= 15 is 0 Å². The quantitative estimate of drug-likeness (QED) is 0.745. The van der Waals surface area contributed by atoms with Crippen LogP contribution in [0.3, 0.4) is 0 Å². The van der Waals surface area contributed by atoms with Gasteiger partial charge in [-0.25, -0.2) is 14.8 Å². The van der Waals surface area contributed by atoms with Gasteiger partial charge >= 0.3 is 5.97 Å². The SMILES string of the molecule is Cc1c(C#N)sc2nc(-c3ccc(C(=O)O)cc3)nc(N3CCOCC3)c12. The van der Waals surface area contributed by atoms with Gasteiger partial charge in [0.15, 0.2) is 5.82 Å². The van der Waals surface area contributed by atoms with Crippen molar-refractivity contribution in [2.75, 3.05) is 31.2 Å². The highest BCUT2D eigenvalue weighted by atomic mass is 32.1. The molecule has 0 spiro atoms. The first-order valence-electron chi connectivity index (χ1n) is 8.46. The molecule has 0 aliphatic carbocycles. The van der Waals surface area contributed by atoms with Crippen molar-refractivity contribution in [3.05, 3.63) is 40.3 Å². The van der Waals surface area contributed by atoms with Crippen molar-refractivity contribution in [3.63, 3.8) is 0 Å². The Labute approximate surface area is 159 Å². The van der Waals surface area contributed by atoms with E-state index in [1.54, 1.807) is 24.3 Å². The lowest BCUT2D eigenvalue weighted by Gasteiger charge is -2.28. The second kappa shape index (κ2) is 6.95. The van der Waals surface area contributed by atoms with E-state index in [0.29, 0.717) is 23.9 Å². The Hall–Kier alpha value is -3.02. The molecule has 1 N–H and O–H groups in total. The van der Waals surface area contributed by atoms with Gasteiger partial charge in [-0.2, -0.15) is 5.26 Å². The second-order valence-corrected chi connectivity index (χ2v) is 7.20. The van der Waals surface area contributed by atoms with E-state index in [0.717, 1.165) is 40.3 Å². The summed E-state index contributed by atoms with van der Waals surface area (Å²) in [6, 6.07) is 8.74. The molecule has 1 aliphatic heterocycles. The smallest absolute Gasteiger partial charge is 0.335 e. The van der Waals surface area contributed by atoms with Crippen LogP contribution in [0, 0.1) is 18.3 Å². The van der Waals surface area contributed by atoms with Crippen molar-refractivity contribution in [1.82, 2.24) is 9.97 Å². The number of morpholine rings is 1. The summed E-state index contributed by atoms with van der Waals surface area (Å²) in [5.41, 5.74) is 1.85. The minimum absolute atomic E-state index is 0.215. The van der Waals surface area contributed by atoms with Crippen molar-refractivity contribution < 1.29 is 14.6 Å². The molecule has 2 aromatic heterocycles. The summed E-state index contributed by atoms with van der Waals surface area (Å²) >= 11 is 1.35. The summed E-state index contributed by atoms with van der Waals surface area (Å²) < 4.78 is 5.45. The number of carboxylic acid groups (broad SMARTS) is 1. The molecule has 0 unspecified atom stereocenters. The molecule has 4 rings (SSSR count). The van der Waals surface area contributed by atoms with Crippen LogP contribution in [0.15, 0.2) is 24.3 Å². The number of aromatic carboxylic acids is 1. The normalized spacial score (nSPS) is 14.3. The molecule has 27 heavy (non-hydrogen) atoms. The van der Waals surface area contributed by atoms with E-state index in [9.17, 15) is 10.1 Å². The van der Waals surface area contributed by atoms with Crippen LogP contribution < -0.4 is 4.90 Å². The van der Waals surface area contributed by atoms with Crippen LogP contribution in [0.25, 0.3) is 21.6 Å². The average Bonchev–Trinajstić information content (AvgIpc) is 3.04. The molecular weight excluding hydrogens is 364 g/mol. The van der Waals surface area contributed by atoms with Gasteiger partial charge in [-0.15, -0.1) is 11.3 Å². The van der Waals surface area contributed by atoms with Gasteiger partial charge in [0, 0.05) is 18.7 Å². The van der Waals surface area contributed by atoms with Crippen molar-refractivity contribution in [1.29, 1.82) is 5.26 Å². The molecule has 0 radical (unpaired) electrons. The highest BCUT2D eigenvalue weighted by Gasteiger charge is 2.22. The monoisotopic (exact) mass is 380 g/mol. The van der Waals surface area contributed by atoms with E-state index < -0.39 is 5.97 Å². The van der Waals surface area contributed by atoms with Crippen LogP contribution in [0.2, 0.25) is 0 Å². The van der Waals surface area contributed by atoms with Gasteiger partial charge in [-0.05, 0) is 24.6 Å². The van der Waals surface area contributed by atoms with Crippen LogP contribution in [-0.4, -0.2) is 47.3 Å². The second-order valence-electron chi connectivity index (χ2n) is 6.20. The van der Waals surface area contributed by atoms with E-state index in [2.05, 4.69) is 16.0 Å². The molecule has 1 fully saturated rings. The molecule has 7 nitrogen and oxygen atoms in total. The zero-order valence-corrected chi connectivity index (χ0v) is 15.4. The molecular formula is C19H16N4O3S. The third-order valence-electron chi connectivity index (χ3n) is 4.57. The largest absolute Gasteiger partial charge is 0.478 e. The molecule has 0 atom stereocenters. The summed E-state index contributed by atoms with van der Waals surface area (Å²) in [6.45, 7) is 4.62. The Morgan fingerprint density at radius 2 is 1.96 bits per heavy atom. The molecule has 1 saturated heterocycles. The molecule has 3 heterocycles. The van der Waals surface area contributed by atoms with E-state index in [1.165, 1.54) is 11.3 Å². The lowest BCUT2D eigenvalue weighted by molar-refractivity contribution is 0.0697. The number of aromatic nitrogens is 2. The van der Waals surface area contributed by atoms with Crippen LogP contribution in [-0.2, 0) is 4.74 Å². The Morgan fingerprint density at radius 3 is 2.59 bits per heavy atom. The summed E-state index contributed by atoms with van der Waals surface area (Å²) in [5.74, 6) is 0.349. The molecule has 136 valence electrons. The zero-order valence-electron chi connectivity index (χ0n) is 14.6. The molecule has 3 aromatic rings. The first-order valence-corrected chi connectivity index (χ1v) is 9.28. The maximum atomic E-state index is 11.1. The third kappa shape index (κ3) is 3.12. The Bertz CT molecular complexity index is 1060. The van der Waals surface area contributed by atoms with Gasteiger partial charge in [0.25, 0.3) is 0 Å². The molecule has 0 bridgehead atoms. The standard InChI is InChI=1S/C19H16N4O3S/c1-11-14(10-20)27-18-15(11)17(23-6-8-26-9-7-23)21-16(22-18)12-2-4-13(5-3-12)19(24)25/h2-5H,6-9H2,1H3,(H,24,25). The first kappa shape index (κ1) is 17.4. The number of benzene rings is 1. The maximum absolute atomic E-state index is 11.1. The van der Waals surface area contributed by atoms with E-state index in [-0.39, 0.29) is 5.56 Å². The molecule has 0 saturated carbocycles. The first-order chi connectivity index (χ1) is 13.1. The van der Waals surface area contributed by atoms with Crippen molar-refractivity contribution in [2.24, 2.45) is 0 Å². The number of hydrogen-bond donors (Lipinski definition) is 1. The summed E-state index contributed by atoms with van der Waals surface area (Å²) in [4.78, 5) is 24.1. The third-order valence-corrected chi connectivity index (χ3v) is 5.66. The van der Waals surface area contributed by atoms with E-state index in [1.807, 2.05) is 6.92 Å². The van der Waals surface area contributed by atoms with Gasteiger partial charge in [-0.1, -0.05) is 12.1 Å². The number of thiophene rings is 1. The number of aryl methyl sites for hydroxylation is 1. The van der Waals surface area contributed by atoms with E-state index in [4.69, 9.17) is 14.8 Å². The molecule has 0 amide bonds. The summed E-state index contributed by atoms with van der Waals surface area (Å²) in [6.07, 6.45) is 0. The van der Waals surface area contributed by atoms with Crippen molar-refractivity contribution in [3.8, 4) is 17.5 Å². The minimum atomic E-state index is -0.973. The molecule has 8 heteroatoms. The van der Waals surface area contributed by atoms with Gasteiger partial charge < -0.3 is 14.7 Å². The minimum Gasteiger partial charge on any atom is -0.478 e. The Balaban J connectivity index is 1.89. The number of nitriles is 1. The fourth-order valence-electron chi connectivity index (χ4n) is 3.12. The topological polar surface area (TPSA) is 99.3 Å².